The van der Waals surface area contributed by atoms with Gasteiger partial charge in [0.25, 0.3) is 0 Å². The van der Waals surface area contributed by atoms with E-state index in [4.69, 9.17) is 13.7 Å². The number of benzene rings is 6. The lowest BCUT2D eigenvalue weighted by molar-refractivity contribution is 0.00578. The molecule has 0 saturated carbocycles. The first-order valence-corrected chi connectivity index (χ1v) is 15.7. The molecule has 1 saturated heterocycles. The van der Waals surface area contributed by atoms with Gasteiger partial charge in [-0.25, -0.2) is 0 Å². The van der Waals surface area contributed by atoms with Crippen LogP contribution in [0, 0.1) is 0 Å². The van der Waals surface area contributed by atoms with E-state index >= 15 is 0 Å². The van der Waals surface area contributed by atoms with Crippen molar-refractivity contribution in [1.29, 1.82) is 0 Å². The molecule has 9 rings (SSSR count). The maximum atomic E-state index is 6.55. The van der Waals surface area contributed by atoms with Gasteiger partial charge in [-0.2, -0.15) is 0 Å². The fourth-order valence-electron chi connectivity index (χ4n) is 6.66. The molecule has 43 heavy (non-hydrogen) atoms. The van der Waals surface area contributed by atoms with Gasteiger partial charge in [0.1, 0.15) is 11.2 Å². The highest BCUT2D eigenvalue weighted by atomic mass is 32.1. The zero-order valence-electron chi connectivity index (χ0n) is 24.5. The van der Waals surface area contributed by atoms with E-state index in [0.29, 0.717) is 0 Å². The molecule has 0 spiro atoms. The molecule has 208 valence electrons. The van der Waals surface area contributed by atoms with Crippen molar-refractivity contribution in [1.82, 2.24) is 0 Å². The van der Waals surface area contributed by atoms with E-state index in [2.05, 4.69) is 131 Å². The smallest absolute Gasteiger partial charge is 0.456 e. The highest BCUT2D eigenvalue weighted by Gasteiger charge is 2.52. The molecule has 6 aromatic carbocycles. The van der Waals surface area contributed by atoms with E-state index in [1.54, 1.807) is 0 Å². The lowest BCUT2D eigenvalue weighted by Gasteiger charge is -2.32. The van der Waals surface area contributed by atoms with Gasteiger partial charge >= 0.3 is 7.12 Å². The third-order valence-electron chi connectivity index (χ3n) is 9.69. The number of hydrogen-bond donors (Lipinski definition) is 0. The van der Waals surface area contributed by atoms with E-state index in [-0.39, 0.29) is 0 Å². The minimum Gasteiger partial charge on any atom is -0.456 e. The second kappa shape index (κ2) is 8.70. The van der Waals surface area contributed by atoms with Crippen LogP contribution in [0.25, 0.3) is 74.8 Å². The van der Waals surface area contributed by atoms with Gasteiger partial charge in [0.2, 0.25) is 0 Å². The van der Waals surface area contributed by atoms with E-state index in [1.165, 1.54) is 36.7 Å². The van der Waals surface area contributed by atoms with Crippen molar-refractivity contribution in [3.05, 3.63) is 103 Å². The number of thiophene rings is 1. The zero-order chi connectivity index (χ0) is 29.1. The molecule has 0 unspecified atom stereocenters. The number of rotatable bonds is 2. The highest BCUT2D eigenvalue weighted by molar-refractivity contribution is 7.25. The summed E-state index contributed by atoms with van der Waals surface area (Å²) < 4.78 is 22.2. The van der Waals surface area contributed by atoms with Crippen molar-refractivity contribution >= 4 is 87.6 Å². The van der Waals surface area contributed by atoms with Crippen LogP contribution in [-0.4, -0.2) is 18.3 Å². The molecule has 3 heterocycles. The van der Waals surface area contributed by atoms with Crippen molar-refractivity contribution in [3.63, 3.8) is 0 Å². The van der Waals surface area contributed by atoms with Gasteiger partial charge in [-0.15, -0.1) is 11.3 Å². The molecule has 1 aliphatic rings. The number of hydrogen-bond acceptors (Lipinski definition) is 4. The molecule has 1 aliphatic heterocycles. The van der Waals surface area contributed by atoms with Gasteiger partial charge in [0.15, 0.2) is 0 Å². The lowest BCUT2D eigenvalue weighted by Crippen LogP contribution is -2.41. The lowest BCUT2D eigenvalue weighted by atomic mass is 9.75. The Morgan fingerprint density at radius 2 is 1.21 bits per heavy atom. The molecule has 0 aliphatic carbocycles. The third-order valence-corrected chi connectivity index (χ3v) is 10.8. The summed E-state index contributed by atoms with van der Waals surface area (Å²) in [5, 5.41) is 9.54. The van der Waals surface area contributed by atoms with Gasteiger partial charge in [-0.3, -0.25) is 0 Å². The van der Waals surface area contributed by atoms with Crippen molar-refractivity contribution in [2.75, 3.05) is 0 Å². The van der Waals surface area contributed by atoms with Crippen molar-refractivity contribution in [2.24, 2.45) is 0 Å². The van der Waals surface area contributed by atoms with Crippen LogP contribution in [-0.2, 0) is 9.31 Å². The monoisotopic (exact) mass is 576 g/mol. The van der Waals surface area contributed by atoms with Gasteiger partial charge < -0.3 is 13.7 Å². The SMILES string of the molecule is CC1(C)OB(c2cc3oc4cc5ccc(-c6ccc7c(c6)sc6ccccc67)cc5cc4c3c3ccccc23)OC1(C)C. The van der Waals surface area contributed by atoms with Crippen LogP contribution < -0.4 is 5.46 Å². The molecule has 3 nitrogen and oxygen atoms in total. The van der Waals surface area contributed by atoms with Crippen LogP contribution in [0.2, 0.25) is 0 Å². The van der Waals surface area contributed by atoms with Crippen LogP contribution >= 0.6 is 11.3 Å². The number of fused-ring (bicyclic) bond motifs is 9. The largest absolute Gasteiger partial charge is 0.495 e. The Balaban J connectivity index is 1.21. The van der Waals surface area contributed by atoms with Crippen molar-refractivity contribution in [3.8, 4) is 11.1 Å². The quantitative estimate of drug-likeness (QED) is 0.192. The van der Waals surface area contributed by atoms with Gasteiger partial charge in [0.05, 0.1) is 11.2 Å². The molecule has 2 aromatic heterocycles. The van der Waals surface area contributed by atoms with E-state index in [1.807, 2.05) is 11.3 Å². The zero-order valence-corrected chi connectivity index (χ0v) is 25.3. The summed E-state index contributed by atoms with van der Waals surface area (Å²) in [5.41, 5.74) is 4.35. The van der Waals surface area contributed by atoms with Crippen LogP contribution in [0.5, 0.6) is 0 Å². The predicted octanol–water partition coefficient (Wildman–Crippen LogP) is 10.2. The summed E-state index contributed by atoms with van der Waals surface area (Å²) in [5.74, 6) is 0. The summed E-state index contributed by atoms with van der Waals surface area (Å²) >= 11 is 1.86. The first-order chi connectivity index (χ1) is 20.8. The second-order valence-electron chi connectivity index (χ2n) is 12.8. The molecule has 5 heteroatoms. The number of furan rings is 1. The maximum absolute atomic E-state index is 6.55. The minimum absolute atomic E-state index is 0.418. The Bertz CT molecular complexity index is 2410. The van der Waals surface area contributed by atoms with E-state index < -0.39 is 18.3 Å². The average molecular weight is 577 g/mol. The molecule has 0 N–H and O–H groups in total. The maximum Gasteiger partial charge on any atom is 0.495 e. The first kappa shape index (κ1) is 25.4. The van der Waals surface area contributed by atoms with E-state index in [9.17, 15) is 0 Å². The summed E-state index contributed by atoms with van der Waals surface area (Å²) in [6.45, 7) is 8.37. The highest BCUT2D eigenvalue weighted by Crippen LogP contribution is 2.41. The van der Waals surface area contributed by atoms with E-state index in [0.717, 1.165) is 43.6 Å². The summed E-state index contributed by atoms with van der Waals surface area (Å²) in [7, 11) is -0.465. The Morgan fingerprint density at radius 3 is 2.02 bits per heavy atom. The van der Waals surface area contributed by atoms with Crippen LogP contribution in [0.1, 0.15) is 27.7 Å². The van der Waals surface area contributed by atoms with Crippen molar-refractivity contribution in [2.45, 2.75) is 38.9 Å². The van der Waals surface area contributed by atoms with Crippen molar-refractivity contribution < 1.29 is 13.7 Å². The van der Waals surface area contributed by atoms with Gasteiger partial charge in [0, 0.05) is 30.9 Å². The Kier molecular flexibility index (Phi) is 5.13. The molecule has 0 radical (unpaired) electrons. The van der Waals surface area contributed by atoms with Gasteiger partial charge in [-0.05, 0) is 102 Å². The fourth-order valence-corrected chi connectivity index (χ4v) is 7.81. The van der Waals surface area contributed by atoms with Crippen LogP contribution in [0.4, 0.5) is 0 Å². The average Bonchev–Trinajstić information content (AvgIpc) is 3.62. The Labute approximate surface area is 253 Å². The Morgan fingerprint density at radius 1 is 0.535 bits per heavy atom. The van der Waals surface area contributed by atoms with Crippen LogP contribution in [0.15, 0.2) is 108 Å². The second-order valence-corrected chi connectivity index (χ2v) is 13.9. The summed E-state index contributed by atoms with van der Waals surface area (Å²) in [4.78, 5) is 0. The van der Waals surface area contributed by atoms with Crippen LogP contribution in [0.3, 0.4) is 0 Å². The fraction of sp³-hybridized carbons (Fsp3) is 0.158. The molecule has 0 amide bonds. The van der Waals surface area contributed by atoms with Gasteiger partial charge in [-0.1, -0.05) is 66.7 Å². The molecule has 8 aromatic rings. The first-order valence-electron chi connectivity index (χ1n) is 14.8. The summed E-state index contributed by atoms with van der Waals surface area (Å²) in [6, 6.07) is 37.4. The summed E-state index contributed by atoms with van der Waals surface area (Å²) in [6.07, 6.45) is 0. The predicted molar refractivity (Wildman–Crippen MR) is 183 cm³/mol. The molecule has 1 fully saturated rings. The standard InChI is InChI=1S/C38H29BO3S/c1-37(2)38(3,4)42-39(41-37)31-21-33-36(29-11-6-5-9-26(29)31)30-18-25-17-22(13-14-23(25)19-32(30)40-33)24-15-16-28-27-10-7-8-12-34(27)43-35(28)20-24/h5-21H,1-4H3. The normalized spacial score (nSPS) is 16.5. The molecular formula is C38H29BO3S. The molecule has 0 bridgehead atoms. The Hall–Kier alpha value is -4.16. The minimum atomic E-state index is -0.465. The topological polar surface area (TPSA) is 31.6 Å². The molecular weight excluding hydrogens is 547 g/mol. The molecule has 0 atom stereocenters. The third kappa shape index (κ3) is 3.69.